The molecule has 12 unspecified atom stereocenters. The number of carboxylic acids is 1. The number of carboxylic acid groups (broad SMARTS) is 1. The van der Waals surface area contributed by atoms with Crippen LogP contribution in [0.1, 0.15) is 115 Å². The first-order valence-electron chi connectivity index (χ1n) is 26.6. The number of hydrogen-bond donors (Lipinski definition) is 10. The van der Waals surface area contributed by atoms with E-state index >= 15 is 0 Å². The summed E-state index contributed by atoms with van der Waals surface area (Å²) in [6, 6.07) is 5.34. The first-order valence-corrected chi connectivity index (χ1v) is 26.6. The maximum absolute atomic E-state index is 13.3. The molecule has 2 fully saturated rings. The van der Waals surface area contributed by atoms with Crippen LogP contribution in [0.15, 0.2) is 109 Å². The molecule has 0 saturated carbocycles. The third-order valence-corrected chi connectivity index (χ3v) is 14.0. The number of anilines is 1. The van der Waals surface area contributed by atoms with Crippen LogP contribution in [0.2, 0.25) is 0 Å². The lowest BCUT2D eigenvalue weighted by atomic mass is 9.83. The fourth-order valence-electron chi connectivity index (χ4n) is 9.69. The molecule has 0 aliphatic carbocycles. The third-order valence-electron chi connectivity index (χ3n) is 14.0. The van der Waals surface area contributed by atoms with Crippen LogP contribution in [0.5, 0.6) is 0 Å². The quantitative estimate of drug-likeness (QED) is 0.0671. The van der Waals surface area contributed by atoms with Crippen LogP contribution in [0.25, 0.3) is 0 Å². The number of benzene rings is 1. The fraction of sp³-hybridized carbons (Fsp3) is 0.569. The van der Waals surface area contributed by atoms with Gasteiger partial charge in [0.2, 0.25) is 0 Å². The molecular formula is C58H82N2O17. The molecular weight excluding hydrogens is 997 g/mol. The minimum absolute atomic E-state index is 0.0162. The number of rotatable bonds is 10. The van der Waals surface area contributed by atoms with Crippen molar-refractivity contribution in [1.29, 1.82) is 0 Å². The number of ketones is 3. The molecule has 2 bridgehead atoms. The van der Waals surface area contributed by atoms with E-state index in [1.54, 1.807) is 103 Å². The number of fused-ring (bicyclic) bond motifs is 2. The predicted molar refractivity (Wildman–Crippen MR) is 286 cm³/mol. The van der Waals surface area contributed by atoms with Gasteiger partial charge in [-0.2, -0.15) is 0 Å². The zero-order chi connectivity index (χ0) is 56.7. The van der Waals surface area contributed by atoms with Crippen LogP contribution in [0.3, 0.4) is 0 Å². The molecule has 19 nitrogen and oxygen atoms in total. The Morgan fingerprint density at radius 1 is 0.805 bits per heavy atom. The van der Waals surface area contributed by atoms with Crippen molar-refractivity contribution < 1.29 is 83.8 Å². The van der Waals surface area contributed by atoms with Gasteiger partial charge in [0.15, 0.2) is 17.9 Å². The average Bonchev–Trinajstić information content (AvgIpc) is 3.35. The first-order chi connectivity index (χ1) is 36.5. The summed E-state index contributed by atoms with van der Waals surface area (Å²) < 4.78 is 23.6. The minimum Gasteiger partial charge on any atom is -0.481 e. The van der Waals surface area contributed by atoms with Gasteiger partial charge in [-0.3, -0.25) is 24.0 Å². The number of nitrogen functional groups attached to an aromatic ring is 1. The van der Waals surface area contributed by atoms with Gasteiger partial charge in [-0.25, -0.2) is 0 Å². The molecule has 1 aromatic rings. The van der Waals surface area contributed by atoms with E-state index in [0.29, 0.717) is 17.7 Å². The highest BCUT2D eigenvalue weighted by Gasteiger charge is 2.50. The van der Waals surface area contributed by atoms with Crippen LogP contribution in [0.4, 0.5) is 5.69 Å². The molecule has 1 aromatic carbocycles. The van der Waals surface area contributed by atoms with Crippen molar-refractivity contribution in [1.82, 2.24) is 0 Å². The SMILES string of the molecule is CC1/C=C/C=C/C=C/C=C/C=C/C=C/C=C/C(O[C@@H]2OC[C@@H](O)[C@H](N)[C@@H]2O)CC2OC(O)(CCCC(O)CCCC(=O)CC(O)CC(=O)CC(=O)OC1C(C)CC(C)C(O)CC(=O)c1ccc(N)cc1)CC(O)C2C(=O)O. The fourth-order valence-corrected chi connectivity index (χ4v) is 9.69. The van der Waals surface area contributed by atoms with Crippen molar-refractivity contribution >= 4 is 35.0 Å². The maximum Gasteiger partial charge on any atom is 0.313 e. The van der Waals surface area contributed by atoms with Gasteiger partial charge in [0.1, 0.15) is 36.1 Å². The molecule has 19 heteroatoms. The first kappa shape index (κ1) is 64.2. The summed E-state index contributed by atoms with van der Waals surface area (Å²) in [5.41, 5.74) is 12.7. The average molecular weight is 1080 g/mol. The summed E-state index contributed by atoms with van der Waals surface area (Å²) in [5, 5.41) is 86.2. The van der Waals surface area contributed by atoms with Gasteiger partial charge in [0.25, 0.3) is 0 Å². The zero-order valence-corrected chi connectivity index (χ0v) is 44.4. The van der Waals surface area contributed by atoms with Gasteiger partial charge in [-0.05, 0) is 68.2 Å². The van der Waals surface area contributed by atoms with E-state index in [-0.39, 0.29) is 93.7 Å². The summed E-state index contributed by atoms with van der Waals surface area (Å²) in [6.07, 6.45) is 11.4. The Balaban J connectivity index is 1.51. The topological polar surface area (TPSA) is 336 Å². The van der Waals surface area contributed by atoms with E-state index in [1.165, 1.54) is 0 Å². The highest BCUT2D eigenvalue weighted by Crippen LogP contribution is 2.38. The molecule has 426 valence electrons. The van der Waals surface area contributed by atoms with Crippen LogP contribution < -0.4 is 11.5 Å². The number of hydrogen-bond acceptors (Lipinski definition) is 18. The number of aliphatic hydroxyl groups is 7. The molecule has 4 rings (SSSR count). The van der Waals surface area contributed by atoms with E-state index in [4.69, 9.17) is 30.4 Å². The lowest BCUT2D eigenvalue weighted by Gasteiger charge is -2.44. The van der Waals surface area contributed by atoms with E-state index in [2.05, 4.69) is 0 Å². The van der Waals surface area contributed by atoms with Crippen molar-refractivity contribution in [3.05, 3.63) is 115 Å². The number of cyclic esters (lactones) is 1. The number of esters is 1. The molecule has 12 N–H and O–H groups in total. The van der Waals surface area contributed by atoms with Gasteiger partial charge in [-0.1, -0.05) is 106 Å². The second kappa shape index (κ2) is 32.6. The number of allylic oxidation sites excluding steroid dienone is 12. The summed E-state index contributed by atoms with van der Waals surface area (Å²) in [4.78, 5) is 64.5. The molecule has 0 spiro atoms. The van der Waals surface area contributed by atoms with Gasteiger partial charge in [0.05, 0.1) is 55.4 Å². The molecule has 3 aliphatic heterocycles. The Morgan fingerprint density at radius 2 is 1.39 bits per heavy atom. The van der Waals surface area contributed by atoms with Crippen LogP contribution in [0, 0.1) is 23.7 Å². The lowest BCUT2D eigenvalue weighted by molar-refractivity contribution is -0.300. The van der Waals surface area contributed by atoms with Gasteiger partial charge in [-0.15, -0.1) is 0 Å². The van der Waals surface area contributed by atoms with Gasteiger partial charge in [0, 0.05) is 62.1 Å². The second-order valence-corrected chi connectivity index (χ2v) is 20.8. The number of carbonyl (C=O) groups is 5. The van der Waals surface area contributed by atoms with Crippen LogP contribution in [-0.2, 0) is 38.1 Å². The van der Waals surface area contributed by atoms with E-state index in [0.717, 1.165) is 0 Å². The summed E-state index contributed by atoms with van der Waals surface area (Å²) >= 11 is 0. The van der Waals surface area contributed by atoms with E-state index in [1.807, 2.05) is 26.8 Å². The molecule has 16 atom stereocenters. The molecule has 3 heterocycles. The van der Waals surface area contributed by atoms with Crippen molar-refractivity contribution in [3.63, 3.8) is 0 Å². The Labute approximate surface area is 451 Å². The number of Topliss-reactive ketones (excluding diaryl/α,β-unsaturated/α-hetero) is 3. The molecule has 0 radical (unpaired) electrons. The molecule has 3 aliphatic rings. The number of aliphatic carboxylic acids is 1. The monoisotopic (exact) mass is 1080 g/mol. The summed E-state index contributed by atoms with van der Waals surface area (Å²) in [7, 11) is 0. The summed E-state index contributed by atoms with van der Waals surface area (Å²) in [6.45, 7) is 5.28. The normalized spacial score (nSPS) is 35.6. The predicted octanol–water partition coefficient (Wildman–Crippen LogP) is 4.41. The third kappa shape index (κ3) is 22.5. The lowest BCUT2D eigenvalue weighted by Crippen LogP contribution is -2.59. The minimum atomic E-state index is -2.00. The van der Waals surface area contributed by atoms with Gasteiger partial charge < -0.3 is 71.3 Å². The van der Waals surface area contributed by atoms with Crippen molar-refractivity contribution in [2.45, 2.75) is 177 Å². The standard InChI is InChI=1S/C58H82N2O17/c1-36-18-14-12-10-8-6-4-5-7-9-11-13-15-22-45(75-57-54(70)53(60)49(68)35-74-57)32-50-52(56(71)72)48(67)34-58(73,77-50)27-17-21-41(61)19-16-20-42(62)29-43(63)30-44(64)31-51(69)76-55(36)38(3)28-37(2)46(65)33-47(66)39-23-25-40(59)26-24-39/h4-15,18,22-26,36-38,41,43,45-46,48-50,52-55,57,61,63,65,67-68,70,73H,16-17,19-21,27-35,59-60H2,1-3H3,(H,71,72)/b5-4+,8-6+,9-7+,12-10+,13-11+,18-14+,22-15+/t36?,37?,38?,41?,43?,45?,46?,48?,49-,50?,52?,53+,54+,55?,57+,58?/m1/s1. The summed E-state index contributed by atoms with van der Waals surface area (Å²) in [5.74, 6) is -8.00. The van der Waals surface area contributed by atoms with Crippen molar-refractivity contribution in [2.75, 3.05) is 12.3 Å². The Hall–Kier alpha value is -5.29. The van der Waals surface area contributed by atoms with Crippen molar-refractivity contribution in [3.8, 4) is 0 Å². The Kier molecular flexibility index (Phi) is 27.2. The zero-order valence-electron chi connectivity index (χ0n) is 44.4. The van der Waals surface area contributed by atoms with Crippen LogP contribution in [-0.4, -0.2) is 150 Å². The molecule has 0 aromatic heterocycles. The number of carbonyl (C=O) groups excluding carboxylic acids is 4. The van der Waals surface area contributed by atoms with Gasteiger partial charge >= 0.3 is 11.9 Å². The number of aliphatic hydroxyl groups excluding tert-OH is 6. The van der Waals surface area contributed by atoms with E-state index in [9.17, 15) is 64.8 Å². The maximum atomic E-state index is 13.3. The highest BCUT2D eigenvalue weighted by atomic mass is 16.7. The smallest absolute Gasteiger partial charge is 0.313 e. The Bertz CT molecular complexity index is 2260. The molecule has 2 saturated heterocycles. The highest BCUT2D eigenvalue weighted by molar-refractivity contribution is 5.97. The molecule has 0 amide bonds. The number of ether oxygens (including phenoxy) is 4. The second-order valence-electron chi connectivity index (χ2n) is 20.8. The largest absolute Gasteiger partial charge is 0.481 e. The molecule has 77 heavy (non-hydrogen) atoms. The number of nitrogens with two attached hydrogens (primary N) is 2. The Morgan fingerprint density at radius 3 is 2.01 bits per heavy atom. The van der Waals surface area contributed by atoms with Crippen LogP contribution >= 0.6 is 0 Å². The van der Waals surface area contributed by atoms with E-state index < -0.39 is 116 Å². The van der Waals surface area contributed by atoms with Crippen molar-refractivity contribution in [2.24, 2.45) is 29.4 Å².